The van der Waals surface area contributed by atoms with Gasteiger partial charge in [0.2, 0.25) is 5.95 Å². The van der Waals surface area contributed by atoms with Crippen molar-refractivity contribution in [1.82, 2.24) is 29.8 Å². The molecule has 1 N–H and O–H groups in total. The lowest BCUT2D eigenvalue weighted by Gasteiger charge is -2.10. The van der Waals surface area contributed by atoms with Crippen molar-refractivity contribution in [3.8, 4) is 0 Å². The van der Waals surface area contributed by atoms with Crippen molar-refractivity contribution < 1.29 is 13.2 Å². The Labute approximate surface area is 157 Å². The summed E-state index contributed by atoms with van der Waals surface area (Å²) in [6, 6.07) is 0.892. The first-order valence-corrected chi connectivity index (χ1v) is 8.99. The fraction of sp³-hybridized carbons (Fsp3) is 0.500. The highest BCUT2D eigenvalue weighted by molar-refractivity contribution is 6.31. The maximum absolute atomic E-state index is 13.3. The van der Waals surface area contributed by atoms with E-state index in [1.54, 1.807) is 6.92 Å². The first-order valence-electron chi connectivity index (χ1n) is 8.61. The first kappa shape index (κ1) is 18.0. The van der Waals surface area contributed by atoms with E-state index in [9.17, 15) is 13.2 Å². The van der Waals surface area contributed by atoms with Crippen molar-refractivity contribution in [1.29, 1.82) is 0 Å². The van der Waals surface area contributed by atoms with Crippen LogP contribution in [-0.4, -0.2) is 42.9 Å². The Kier molecular flexibility index (Phi) is 4.45. The smallest absolute Gasteiger partial charge is 0.340 e. The average molecular weight is 400 g/mol. The SMILES string of the molecule is Cc1c(Cl)cc(C(F)(F)F)c2nc(CCc3nc(N4CCCC4)n[nH]3)nn12. The van der Waals surface area contributed by atoms with E-state index in [4.69, 9.17) is 11.6 Å². The molecule has 0 unspecified atom stereocenters. The third kappa shape index (κ3) is 3.45. The molecule has 0 radical (unpaired) electrons. The van der Waals surface area contributed by atoms with E-state index in [1.165, 1.54) is 0 Å². The summed E-state index contributed by atoms with van der Waals surface area (Å²) in [4.78, 5) is 10.6. The molecule has 4 heterocycles. The number of H-pyrrole nitrogens is 1. The van der Waals surface area contributed by atoms with Crippen molar-refractivity contribution in [2.24, 2.45) is 0 Å². The van der Waals surface area contributed by atoms with Gasteiger partial charge in [0.15, 0.2) is 11.5 Å². The Balaban J connectivity index is 1.57. The largest absolute Gasteiger partial charge is 0.420 e. The van der Waals surface area contributed by atoms with Gasteiger partial charge in [-0.2, -0.15) is 23.3 Å². The van der Waals surface area contributed by atoms with Gasteiger partial charge in [-0.25, -0.2) is 9.50 Å². The quantitative estimate of drug-likeness (QED) is 0.729. The van der Waals surface area contributed by atoms with Gasteiger partial charge in [-0.3, -0.25) is 5.10 Å². The Morgan fingerprint density at radius 2 is 1.93 bits per heavy atom. The van der Waals surface area contributed by atoms with Crippen molar-refractivity contribution in [2.45, 2.75) is 38.8 Å². The maximum Gasteiger partial charge on any atom is 0.420 e. The molecule has 0 atom stereocenters. The number of anilines is 1. The summed E-state index contributed by atoms with van der Waals surface area (Å²) < 4.78 is 41.0. The molecule has 1 aliphatic heterocycles. The van der Waals surface area contributed by atoms with Gasteiger partial charge in [0.1, 0.15) is 11.4 Å². The molecule has 0 saturated carbocycles. The third-order valence-corrected chi connectivity index (χ3v) is 5.01. The molecule has 11 heteroatoms. The number of aromatic amines is 1. The monoisotopic (exact) mass is 399 g/mol. The van der Waals surface area contributed by atoms with Gasteiger partial charge < -0.3 is 4.90 Å². The minimum Gasteiger partial charge on any atom is -0.340 e. The highest BCUT2D eigenvalue weighted by Gasteiger charge is 2.35. The van der Waals surface area contributed by atoms with Crippen LogP contribution in [0.25, 0.3) is 5.65 Å². The Hall–Kier alpha value is -2.36. The van der Waals surface area contributed by atoms with E-state index in [-0.39, 0.29) is 10.7 Å². The summed E-state index contributed by atoms with van der Waals surface area (Å²) in [6.07, 6.45) is -1.52. The summed E-state index contributed by atoms with van der Waals surface area (Å²) in [5.74, 6) is 1.61. The summed E-state index contributed by atoms with van der Waals surface area (Å²) >= 11 is 5.93. The number of aryl methyl sites for hydroxylation is 3. The number of nitrogens with zero attached hydrogens (tertiary/aromatic N) is 6. The van der Waals surface area contributed by atoms with E-state index in [0.717, 1.165) is 36.5 Å². The van der Waals surface area contributed by atoms with Crippen LogP contribution in [0.15, 0.2) is 6.07 Å². The predicted octanol–water partition coefficient (Wildman–Crippen LogP) is 3.21. The van der Waals surface area contributed by atoms with Crippen molar-refractivity contribution in [3.05, 3.63) is 34.0 Å². The second-order valence-electron chi connectivity index (χ2n) is 6.53. The molecule has 0 spiro atoms. The molecular formula is C16H17ClF3N7. The molecule has 1 fully saturated rings. The normalized spacial score (nSPS) is 15.2. The summed E-state index contributed by atoms with van der Waals surface area (Å²) in [7, 11) is 0. The van der Waals surface area contributed by atoms with Gasteiger partial charge in [-0.15, -0.1) is 5.10 Å². The number of aromatic nitrogens is 6. The van der Waals surface area contributed by atoms with Crippen molar-refractivity contribution in [2.75, 3.05) is 18.0 Å². The molecule has 4 rings (SSSR count). The number of halogens is 4. The van der Waals surface area contributed by atoms with Crippen LogP contribution in [-0.2, 0) is 19.0 Å². The van der Waals surface area contributed by atoms with Crippen LogP contribution in [0, 0.1) is 6.92 Å². The summed E-state index contributed by atoms with van der Waals surface area (Å²) in [5.41, 5.74) is -0.725. The molecule has 1 saturated heterocycles. The number of fused-ring (bicyclic) bond motifs is 1. The second kappa shape index (κ2) is 6.66. The fourth-order valence-electron chi connectivity index (χ4n) is 3.16. The number of nitrogens with one attached hydrogen (secondary N) is 1. The second-order valence-corrected chi connectivity index (χ2v) is 6.94. The minimum atomic E-state index is -4.56. The van der Waals surface area contributed by atoms with E-state index in [2.05, 4.69) is 30.2 Å². The molecule has 1 aliphatic rings. The van der Waals surface area contributed by atoms with Crippen LogP contribution in [0.3, 0.4) is 0 Å². The third-order valence-electron chi connectivity index (χ3n) is 4.63. The number of rotatable bonds is 4. The maximum atomic E-state index is 13.3. The lowest BCUT2D eigenvalue weighted by molar-refractivity contribution is -0.136. The highest BCUT2D eigenvalue weighted by atomic mass is 35.5. The van der Waals surface area contributed by atoms with Crippen LogP contribution in [0.2, 0.25) is 5.02 Å². The van der Waals surface area contributed by atoms with Gasteiger partial charge in [-0.1, -0.05) is 11.6 Å². The molecular weight excluding hydrogens is 383 g/mol. The van der Waals surface area contributed by atoms with Crippen molar-refractivity contribution >= 4 is 23.2 Å². The molecule has 7 nitrogen and oxygen atoms in total. The molecule has 27 heavy (non-hydrogen) atoms. The summed E-state index contributed by atoms with van der Waals surface area (Å²) in [5, 5.41) is 11.3. The zero-order chi connectivity index (χ0) is 19.2. The molecule has 0 bridgehead atoms. The Morgan fingerprint density at radius 1 is 1.19 bits per heavy atom. The summed E-state index contributed by atoms with van der Waals surface area (Å²) in [6.45, 7) is 3.48. The van der Waals surface area contributed by atoms with Gasteiger partial charge in [0.05, 0.1) is 10.7 Å². The number of hydrogen-bond donors (Lipinski definition) is 1. The number of pyridine rings is 1. The topological polar surface area (TPSA) is 75.0 Å². The predicted molar refractivity (Wildman–Crippen MR) is 93.0 cm³/mol. The molecule has 144 valence electrons. The molecule has 3 aromatic rings. The minimum absolute atomic E-state index is 0.00300. The lowest BCUT2D eigenvalue weighted by Crippen LogP contribution is -2.18. The molecule has 0 aromatic carbocycles. The van der Waals surface area contributed by atoms with E-state index < -0.39 is 11.7 Å². The van der Waals surface area contributed by atoms with Crippen LogP contribution >= 0.6 is 11.6 Å². The molecule has 0 amide bonds. The van der Waals surface area contributed by atoms with Gasteiger partial charge in [0, 0.05) is 25.9 Å². The van der Waals surface area contributed by atoms with Crippen LogP contribution in [0.1, 0.15) is 35.7 Å². The van der Waals surface area contributed by atoms with E-state index in [0.29, 0.717) is 36.1 Å². The van der Waals surface area contributed by atoms with Gasteiger partial charge in [-0.05, 0) is 25.8 Å². The highest BCUT2D eigenvalue weighted by Crippen LogP contribution is 2.34. The number of hydrogen-bond acceptors (Lipinski definition) is 5. The van der Waals surface area contributed by atoms with Gasteiger partial charge in [0.25, 0.3) is 0 Å². The molecule has 3 aromatic heterocycles. The van der Waals surface area contributed by atoms with Crippen LogP contribution < -0.4 is 4.90 Å². The Morgan fingerprint density at radius 3 is 2.63 bits per heavy atom. The van der Waals surface area contributed by atoms with Gasteiger partial charge >= 0.3 is 6.18 Å². The van der Waals surface area contributed by atoms with Crippen molar-refractivity contribution in [3.63, 3.8) is 0 Å². The van der Waals surface area contributed by atoms with E-state index in [1.807, 2.05) is 0 Å². The lowest BCUT2D eigenvalue weighted by atomic mass is 10.2. The zero-order valence-electron chi connectivity index (χ0n) is 14.5. The Bertz CT molecular complexity index is 972. The standard InChI is InChI=1S/C16H17ClF3N7/c1-9-11(17)8-10(16(18,19)20)14-21-13(25-27(9)14)5-4-12-22-15(24-23-12)26-6-2-3-7-26/h8H,2-7H2,1H3,(H,22,23,24). The van der Waals surface area contributed by atoms with E-state index >= 15 is 0 Å². The first-order chi connectivity index (χ1) is 12.8. The average Bonchev–Trinajstić information content (AvgIpc) is 3.35. The van der Waals surface area contributed by atoms with Crippen LogP contribution in [0.4, 0.5) is 19.1 Å². The number of alkyl halides is 3. The zero-order valence-corrected chi connectivity index (χ0v) is 15.3. The van der Waals surface area contributed by atoms with Crippen LogP contribution in [0.5, 0.6) is 0 Å². The molecule has 0 aliphatic carbocycles. The fourth-order valence-corrected chi connectivity index (χ4v) is 3.35.